The van der Waals surface area contributed by atoms with Crippen LogP contribution < -0.4 is 15.1 Å². The minimum Gasteiger partial charge on any atom is -0.354 e. The third-order valence-electron chi connectivity index (χ3n) is 3.09. The molecule has 0 bridgehead atoms. The van der Waals surface area contributed by atoms with Crippen LogP contribution in [0.15, 0.2) is 0 Å². The standard InChI is InChI=1S/C14H28N6/c1-6-10-15-12-16-13(19(5)11-7-2)18-14(17-12)20(8-3)9-4/h6-11H2,1-5H3,(H,15,16,17,18). The first kappa shape index (κ1) is 16.5. The van der Waals surface area contributed by atoms with Crippen molar-refractivity contribution in [1.29, 1.82) is 0 Å². The summed E-state index contributed by atoms with van der Waals surface area (Å²) in [6.45, 7) is 12.1. The number of nitrogens with zero attached hydrogens (tertiary/aromatic N) is 5. The summed E-state index contributed by atoms with van der Waals surface area (Å²) in [5.41, 5.74) is 0. The lowest BCUT2D eigenvalue weighted by Gasteiger charge is -2.22. The number of aromatic nitrogens is 3. The maximum atomic E-state index is 4.59. The van der Waals surface area contributed by atoms with E-state index >= 15 is 0 Å². The molecule has 1 heterocycles. The Morgan fingerprint density at radius 3 is 2.10 bits per heavy atom. The van der Waals surface area contributed by atoms with Crippen LogP contribution in [0.2, 0.25) is 0 Å². The van der Waals surface area contributed by atoms with Gasteiger partial charge in [0.05, 0.1) is 0 Å². The Balaban J connectivity index is 3.06. The fourth-order valence-corrected chi connectivity index (χ4v) is 1.92. The molecule has 6 nitrogen and oxygen atoms in total. The topological polar surface area (TPSA) is 57.2 Å². The first-order valence-electron chi connectivity index (χ1n) is 7.62. The van der Waals surface area contributed by atoms with Gasteiger partial charge in [-0.3, -0.25) is 0 Å². The highest BCUT2D eigenvalue weighted by atomic mass is 15.4. The second-order valence-corrected chi connectivity index (χ2v) is 4.78. The molecule has 0 aliphatic heterocycles. The molecule has 0 unspecified atom stereocenters. The van der Waals surface area contributed by atoms with Gasteiger partial charge in [0.2, 0.25) is 17.8 Å². The van der Waals surface area contributed by atoms with Gasteiger partial charge in [0.1, 0.15) is 0 Å². The smallest absolute Gasteiger partial charge is 0.231 e. The fraction of sp³-hybridized carbons (Fsp3) is 0.786. The number of rotatable bonds is 9. The third-order valence-corrected chi connectivity index (χ3v) is 3.09. The molecule has 20 heavy (non-hydrogen) atoms. The first-order valence-corrected chi connectivity index (χ1v) is 7.62. The minimum atomic E-state index is 0.668. The van der Waals surface area contributed by atoms with Crippen LogP contribution in [0.5, 0.6) is 0 Å². The Bertz CT molecular complexity index is 391. The molecule has 0 aliphatic carbocycles. The first-order chi connectivity index (χ1) is 9.65. The highest BCUT2D eigenvalue weighted by Gasteiger charge is 2.13. The van der Waals surface area contributed by atoms with E-state index in [1.54, 1.807) is 0 Å². The zero-order valence-corrected chi connectivity index (χ0v) is 13.5. The van der Waals surface area contributed by atoms with Crippen molar-refractivity contribution in [3.8, 4) is 0 Å². The van der Waals surface area contributed by atoms with E-state index in [2.05, 4.69) is 57.8 Å². The summed E-state index contributed by atoms with van der Waals surface area (Å²) in [5, 5.41) is 3.26. The van der Waals surface area contributed by atoms with Gasteiger partial charge in [-0.15, -0.1) is 0 Å². The molecule has 6 heteroatoms. The van der Waals surface area contributed by atoms with Crippen LogP contribution in [0.3, 0.4) is 0 Å². The van der Waals surface area contributed by atoms with Crippen molar-refractivity contribution in [2.45, 2.75) is 40.5 Å². The van der Waals surface area contributed by atoms with E-state index in [1.807, 2.05) is 7.05 Å². The molecule has 0 aromatic carbocycles. The molecule has 0 amide bonds. The van der Waals surface area contributed by atoms with E-state index in [0.717, 1.165) is 50.9 Å². The molecule has 0 saturated heterocycles. The van der Waals surface area contributed by atoms with Gasteiger partial charge in [-0.1, -0.05) is 13.8 Å². The van der Waals surface area contributed by atoms with Gasteiger partial charge in [-0.25, -0.2) is 0 Å². The van der Waals surface area contributed by atoms with Gasteiger partial charge in [0.25, 0.3) is 0 Å². The van der Waals surface area contributed by atoms with E-state index in [0.29, 0.717) is 5.95 Å². The minimum absolute atomic E-state index is 0.668. The third kappa shape index (κ3) is 4.51. The second-order valence-electron chi connectivity index (χ2n) is 4.78. The molecular formula is C14H28N6. The van der Waals surface area contributed by atoms with Crippen molar-refractivity contribution < 1.29 is 0 Å². The monoisotopic (exact) mass is 280 g/mol. The van der Waals surface area contributed by atoms with Crippen molar-refractivity contribution in [1.82, 2.24) is 15.0 Å². The Hall–Kier alpha value is -1.59. The van der Waals surface area contributed by atoms with Crippen LogP contribution in [0, 0.1) is 0 Å². The number of hydrogen-bond acceptors (Lipinski definition) is 6. The molecule has 114 valence electrons. The van der Waals surface area contributed by atoms with Gasteiger partial charge in [-0.05, 0) is 26.7 Å². The SMILES string of the molecule is CCCNc1nc(N(C)CCC)nc(N(CC)CC)n1. The number of anilines is 3. The molecule has 0 spiro atoms. The van der Waals surface area contributed by atoms with Crippen molar-refractivity contribution >= 4 is 17.8 Å². The van der Waals surface area contributed by atoms with Crippen LogP contribution in [0.1, 0.15) is 40.5 Å². The van der Waals surface area contributed by atoms with Crippen LogP contribution in [-0.2, 0) is 0 Å². The van der Waals surface area contributed by atoms with Crippen molar-refractivity contribution in [2.75, 3.05) is 48.3 Å². The van der Waals surface area contributed by atoms with Crippen molar-refractivity contribution in [3.05, 3.63) is 0 Å². The molecule has 1 aromatic heterocycles. The van der Waals surface area contributed by atoms with Crippen LogP contribution in [-0.4, -0.2) is 48.2 Å². The zero-order chi connectivity index (χ0) is 15.0. The quantitative estimate of drug-likeness (QED) is 0.749. The summed E-state index contributed by atoms with van der Waals surface area (Å²) in [6, 6.07) is 0. The molecule has 0 atom stereocenters. The zero-order valence-electron chi connectivity index (χ0n) is 13.5. The lowest BCUT2D eigenvalue weighted by molar-refractivity contribution is 0.778. The predicted octanol–water partition coefficient (Wildman–Crippen LogP) is 2.39. The van der Waals surface area contributed by atoms with Crippen LogP contribution in [0.4, 0.5) is 17.8 Å². The van der Waals surface area contributed by atoms with Crippen molar-refractivity contribution in [3.63, 3.8) is 0 Å². The van der Waals surface area contributed by atoms with Gasteiger partial charge in [0.15, 0.2) is 0 Å². The number of hydrogen-bond donors (Lipinski definition) is 1. The largest absolute Gasteiger partial charge is 0.354 e. The lowest BCUT2D eigenvalue weighted by Crippen LogP contribution is -2.27. The predicted molar refractivity (Wildman–Crippen MR) is 85.7 cm³/mol. The number of nitrogens with one attached hydrogen (secondary N) is 1. The molecule has 1 aromatic rings. The summed E-state index contributed by atoms with van der Waals surface area (Å²) in [5.74, 6) is 2.16. The Labute approximate surface area is 122 Å². The maximum absolute atomic E-state index is 4.59. The highest BCUT2D eigenvalue weighted by Crippen LogP contribution is 2.16. The maximum Gasteiger partial charge on any atom is 0.231 e. The van der Waals surface area contributed by atoms with Crippen LogP contribution in [0.25, 0.3) is 0 Å². The van der Waals surface area contributed by atoms with E-state index in [4.69, 9.17) is 0 Å². The van der Waals surface area contributed by atoms with E-state index in [9.17, 15) is 0 Å². The Morgan fingerprint density at radius 1 is 0.900 bits per heavy atom. The van der Waals surface area contributed by atoms with E-state index < -0.39 is 0 Å². The average molecular weight is 280 g/mol. The Morgan fingerprint density at radius 2 is 1.55 bits per heavy atom. The summed E-state index contributed by atoms with van der Waals surface area (Å²) < 4.78 is 0. The van der Waals surface area contributed by atoms with Crippen molar-refractivity contribution in [2.24, 2.45) is 0 Å². The normalized spacial score (nSPS) is 10.4. The van der Waals surface area contributed by atoms with E-state index in [1.165, 1.54) is 0 Å². The Kier molecular flexibility index (Phi) is 7.04. The molecular weight excluding hydrogens is 252 g/mol. The molecule has 1 N–H and O–H groups in total. The molecule has 1 rings (SSSR count). The molecule has 0 saturated carbocycles. The summed E-state index contributed by atoms with van der Waals surface area (Å²) in [6.07, 6.45) is 2.12. The average Bonchev–Trinajstić information content (AvgIpc) is 2.46. The van der Waals surface area contributed by atoms with E-state index in [-0.39, 0.29) is 0 Å². The van der Waals surface area contributed by atoms with Gasteiger partial charge >= 0.3 is 0 Å². The highest BCUT2D eigenvalue weighted by molar-refractivity contribution is 5.44. The van der Waals surface area contributed by atoms with Gasteiger partial charge in [-0.2, -0.15) is 15.0 Å². The summed E-state index contributed by atoms with van der Waals surface area (Å²) >= 11 is 0. The van der Waals surface area contributed by atoms with Crippen LogP contribution >= 0.6 is 0 Å². The summed E-state index contributed by atoms with van der Waals surface area (Å²) in [4.78, 5) is 17.8. The van der Waals surface area contributed by atoms with Gasteiger partial charge in [0, 0.05) is 33.2 Å². The lowest BCUT2D eigenvalue weighted by atomic mass is 10.4. The van der Waals surface area contributed by atoms with Gasteiger partial charge < -0.3 is 15.1 Å². The molecule has 0 aliphatic rings. The summed E-state index contributed by atoms with van der Waals surface area (Å²) in [7, 11) is 2.02. The fourth-order valence-electron chi connectivity index (χ4n) is 1.92. The second kappa shape index (κ2) is 8.55. The molecule has 0 fully saturated rings. The molecule has 0 radical (unpaired) electrons.